The second-order valence-corrected chi connectivity index (χ2v) is 6.84. The quantitative estimate of drug-likeness (QED) is 0.784. The Bertz CT molecular complexity index is 884. The molecule has 1 fully saturated rings. The van der Waals surface area contributed by atoms with E-state index in [9.17, 15) is 4.79 Å². The molecule has 24 heavy (non-hydrogen) atoms. The molecule has 1 aliphatic heterocycles. The summed E-state index contributed by atoms with van der Waals surface area (Å²) in [5, 5.41) is 5.14. The maximum Gasteiger partial charge on any atom is 0.238 e. The van der Waals surface area contributed by atoms with E-state index < -0.39 is 0 Å². The van der Waals surface area contributed by atoms with E-state index in [4.69, 9.17) is 4.42 Å². The summed E-state index contributed by atoms with van der Waals surface area (Å²) in [6.07, 6.45) is 2.45. The lowest BCUT2D eigenvalue weighted by molar-refractivity contribution is -0.117. The molecule has 1 N–H and O–H groups in total. The van der Waals surface area contributed by atoms with E-state index in [2.05, 4.69) is 17.1 Å². The number of benzene rings is 2. The molecule has 0 saturated carbocycles. The molecule has 124 valence electrons. The fourth-order valence-corrected chi connectivity index (χ4v) is 3.64. The molecule has 1 aliphatic rings. The number of para-hydroxylation sites is 1. The van der Waals surface area contributed by atoms with Crippen molar-refractivity contribution >= 4 is 33.5 Å². The monoisotopic (exact) mass is 322 g/mol. The van der Waals surface area contributed by atoms with Crippen LogP contribution in [0.25, 0.3) is 21.9 Å². The van der Waals surface area contributed by atoms with Crippen LogP contribution < -0.4 is 5.32 Å². The van der Waals surface area contributed by atoms with E-state index in [0.29, 0.717) is 12.5 Å². The minimum atomic E-state index is 0.0521. The highest BCUT2D eigenvalue weighted by molar-refractivity contribution is 6.07. The van der Waals surface area contributed by atoms with E-state index in [1.807, 2.05) is 42.5 Å². The Hall–Kier alpha value is -2.33. The molecule has 1 amide bonds. The summed E-state index contributed by atoms with van der Waals surface area (Å²) in [4.78, 5) is 14.6. The number of carbonyl (C=O) groups is 1. The summed E-state index contributed by atoms with van der Waals surface area (Å²) in [6.45, 7) is 4.75. The third-order valence-electron chi connectivity index (χ3n) is 4.77. The number of furan rings is 1. The van der Waals surface area contributed by atoms with Gasteiger partial charge in [0.1, 0.15) is 11.2 Å². The molecule has 1 aromatic heterocycles. The lowest BCUT2D eigenvalue weighted by atomic mass is 10.0. The summed E-state index contributed by atoms with van der Waals surface area (Å²) in [6, 6.07) is 13.8. The number of nitrogens with zero attached hydrogens (tertiary/aromatic N) is 1. The van der Waals surface area contributed by atoms with Gasteiger partial charge in [-0.25, -0.2) is 0 Å². The van der Waals surface area contributed by atoms with Crippen LogP contribution >= 0.6 is 0 Å². The molecule has 3 aromatic rings. The molecule has 2 aromatic carbocycles. The van der Waals surface area contributed by atoms with Crippen LogP contribution in [-0.4, -0.2) is 30.4 Å². The van der Waals surface area contributed by atoms with Crippen molar-refractivity contribution in [2.45, 2.75) is 19.8 Å². The molecule has 0 unspecified atom stereocenters. The van der Waals surface area contributed by atoms with Gasteiger partial charge < -0.3 is 9.73 Å². The van der Waals surface area contributed by atoms with E-state index in [-0.39, 0.29) is 5.91 Å². The number of carbonyl (C=O) groups excluding carboxylic acids is 1. The van der Waals surface area contributed by atoms with Crippen LogP contribution in [0.1, 0.15) is 19.8 Å². The van der Waals surface area contributed by atoms with Crippen molar-refractivity contribution in [2.24, 2.45) is 5.92 Å². The maximum atomic E-state index is 12.3. The Morgan fingerprint density at radius 3 is 2.92 bits per heavy atom. The SMILES string of the molecule is C[C@H]1CCCN(CC(=O)Nc2ccc3oc4ccccc4c3c2)C1. The van der Waals surface area contributed by atoms with Gasteiger partial charge in [-0.15, -0.1) is 0 Å². The fourth-order valence-electron chi connectivity index (χ4n) is 3.64. The Morgan fingerprint density at radius 1 is 1.21 bits per heavy atom. The summed E-state index contributed by atoms with van der Waals surface area (Å²) in [5.41, 5.74) is 2.54. The van der Waals surface area contributed by atoms with Crippen molar-refractivity contribution in [1.29, 1.82) is 0 Å². The Labute approximate surface area is 141 Å². The van der Waals surface area contributed by atoms with Gasteiger partial charge in [0.2, 0.25) is 5.91 Å². The van der Waals surface area contributed by atoms with Crippen molar-refractivity contribution in [2.75, 3.05) is 25.0 Å². The highest BCUT2D eigenvalue weighted by Crippen LogP contribution is 2.30. The van der Waals surface area contributed by atoms with Crippen molar-refractivity contribution in [3.63, 3.8) is 0 Å². The Morgan fingerprint density at radius 2 is 2.04 bits per heavy atom. The van der Waals surface area contributed by atoms with Crippen LogP contribution in [0.3, 0.4) is 0 Å². The fraction of sp³-hybridized carbons (Fsp3) is 0.350. The van der Waals surface area contributed by atoms with E-state index in [1.165, 1.54) is 12.8 Å². The number of hydrogen-bond donors (Lipinski definition) is 1. The highest BCUT2D eigenvalue weighted by Gasteiger charge is 2.18. The minimum Gasteiger partial charge on any atom is -0.456 e. The molecule has 0 radical (unpaired) electrons. The molecular weight excluding hydrogens is 300 g/mol. The van der Waals surface area contributed by atoms with Gasteiger partial charge in [0.05, 0.1) is 6.54 Å². The molecule has 0 bridgehead atoms. The summed E-state index contributed by atoms with van der Waals surface area (Å²) in [7, 11) is 0. The summed E-state index contributed by atoms with van der Waals surface area (Å²) >= 11 is 0. The second kappa shape index (κ2) is 6.29. The van der Waals surface area contributed by atoms with Crippen LogP contribution in [0.15, 0.2) is 46.9 Å². The second-order valence-electron chi connectivity index (χ2n) is 6.84. The first-order valence-corrected chi connectivity index (χ1v) is 8.62. The van der Waals surface area contributed by atoms with Gasteiger partial charge in [0.15, 0.2) is 0 Å². The topological polar surface area (TPSA) is 45.5 Å². The molecule has 4 nitrogen and oxygen atoms in total. The average Bonchev–Trinajstić information content (AvgIpc) is 2.93. The largest absolute Gasteiger partial charge is 0.456 e. The zero-order valence-electron chi connectivity index (χ0n) is 13.9. The van der Waals surface area contributed by atoms with Gasteiger partial charge in [-0.3, -0.25) is 9.69 Å². The highest BCUT2D eigenvalue weighted by atomic mass is 16.3. The predicted octanol–water partition coefficient (Wildman–Crippen LogP) is 4.26. The average molecular weight is 322 g/mol. The molecule has 0 spiro atoms. The number of piperidine rings is 1. The van der Waals surface area contributed by atoms with Crippen LogP contribution in [0, 0.1) is 5.92 Å². The predicted molar refractivity (Wildman–Crippen MR) is 97.2 cm³/mol. The standard InChI is InChI=1S/C20H22N2O2/c1-14-5-4-10-22(12-14)13-20(23)21-15-8-9-19-17(11-15)16-6-2-3-7-18(16)24-19/h2-3,6-9,11,14H,4-5,10,12-13H2,1H3,(H,21,23)/t14-/m0/s1. The number of likely N-dealkylation sites (tertiary alicyclic amines) is 1. The molecule has 1 atom stereocenters. The third-order valence-corrected chi connectivity index (χ3v) is 4.77. The molecule has 4 heteroatoms. The lowest BCUT2D eigenvalue weighted by Gasteiger charge is -2.30. The molecule has 4 rings (SSSR count). The van der Waals surface area contributed by atoms with Gasteiger partial charge in [-0.1, -0.05) is 25.1 Å². The van der Waals surface area contributed by atoms with Crippen LogP contribution in [0.5, 0.6) is 0 Å². The van der Waals surface area contributed by atoms with Crippen LogP contribution in [0.4, 0.5) is 5.69 Å². The van der Waals surface area contributed by atoms with Gasteiger partial charge in [-0.05, 0) is 49.6 Å². The zero-order valence-corrected chi connectivity index (χ0v) is 13.9. The van der Waals surface area contributed by atoms with E-state index in [1.54, 1.807) is 0 Å². The Balaban J connectivity index is 1.51. The van der Waals surface area contributed by atoms with Crippen LogP contribution in [0.2, 0.25) is 0 Å². The van der Waals surface area contributed by atoms with Gasteiger partial charge in [0, 0.05) is 23.0 Å². The van der Waals surface area contributed by atoms with E-state index >= 15 is 0 Å². The Kier molecular flexibility index (Phi) is 3.98. The van der Waals surface area contributed by atoms with Gasteiger partial charge >= 0.3 is 0 Å². The number of rotatable bonds is 3. The summed E-state index contributed by atoms with van der Waals surface area (Å²) < 4.78 is 5.82. The molecule has 2 heterocycles. The number of anilines is 1. The number of amides is 1. The number of nitrogens with one attached hydrogen (secondary N) is 1. The lowest BCUT2D eigenvalue weighted by Crippen LogP contribution is -2.39. The van der Waals surface area contributed by atoms with Crippen molar-refractivity contribution in [3.05, 3.63) is 42.5 Å². The number of hydrogen-bond acceptors (Lipinski definition) is 3. The number of fused-ring (bicyclic) bond motifs is 3. The molecule has 1 saturated heterocycles. The summed E-state index contributed by atoms with van der Waals surface area (Å²) in [5.74, 6) is 0.733. The van der Waals surface area contributed by atoms with Gasteiger partial charge in [0.25, 0.3) is 0 Å². The molecule has 0 aliphatic carbocycles. The third kappa shape index (κ3) is 3.02. The van der Waals surface area contributed by atoms with Crippen molar-refractivity contribution in [3.8, 4) is 0 Å². The van der Waals surface area contributed by atoms with Crippen molar-refractivity contribution in [1.82, 2.24) is 4.90 Å². The maximum absolute atomic E-state index is 12.3. The first-order chi connectivity index (χ1) is 11.7. The van der Waals surface area contributed by atoms with Crippen molar-refractivity contribution < 1.29 is 9.21 Å². The van der Waals surface area contributed by atoms with Gasteiger partial charge in [-0.2, -0.15) is 0 Å². The molecular formula is C20H22N2O2. The van der Waals surface area contributed by atoms with E-state index in [0.717, 1.165) is 40.7 Å². The minimum absolute atomic E-state index is 0.0521. The smallest absolute Gasteiger partial charge is 0.238 e. The zero-order chi connectivity index (χ0) is 16.5. The first kappa shape index (κ1) is 15.2. The van der Waals surface area contributed by atoms with Crippen LogP contribution in [-0.2, 0) is 4.79 Å². The normalized spacial score (nSPS) is 19.0. The first-order valence-electron chi connectivity index (χ1n) is 8.62.